The molecule has 2 nitrogen and oxygen atoms in total. The standard InChI is InChI=1S/C16H24O2/c1-16(2,3)18-15(17)13-9-5-8-12-14-10-6-4-7-11-14/h4,6-7,10-11H,5,8-9,12-13H2,1-3H3. The van der Waals surface area contributed by atoms with Crippen molar-refractivity contribution in [2.45, 2.75) is 58.5 Å². The Kier molecular flexibility index (Phi) is 5.90. The van der Waals surface area contributed by atoms with Crippen molar-refractivity contribution in [3.8, 4) is 0 Å². The van der Waals surface area contributed by atoms with Gasteiger partial charge in [0.25, 0.3) is 0 Å². The summed E-state index contributed by atoms with van der Waals surface area (Å²) in [5.41, 5.74) is 1.01. The SMILES string of the molecule is CC(C)(C)OC(=O)CCCCCc1ccccc1. The van der Waals surface area contributed by atoms with E-state index in [0.29, 0.717) is 6.42 Å². The largest absolute Gasteiger partial charge is 0.460 e. The topological polar surface area (TPSA) is 26.3 Å². The molecule has 0 bridgehead atoms. The van der Waals surface area contributed by atoms with E-state index in [2.05, 4.69) is 24.3 Å². The Labute approximate surface area is 110 Å². The molecular formula is C16H24O2. The molecular weight excluding hydrogens is 224 g/mol. The van der Waals surface area contributed by atoms with Crippen LogP contribution in [0.4, 0.5) is 0 Å². The van der Waals surface area contributed by atoms with Crippen LogP contribution in [-0.4, -0.2) is 11.6 Å². The van der Waals surface area contributed by atoms with Crippen LogP contribution >= 0.6 is 0 Å². The number of ether oxygens (including phenoxy) is 1. The van der Waals surface area contributed by atoms with Crippen LogP contribution in [0.5, 0.6) is 0 Å². The molecule has 0 radical (unpaired) electrons. The lowest BCUT2D eigenvalue weighted by atomic mass is 10.1. The van der Waals surface area contributed by atoms with E-state index in [-0.39, 0.29) is 11.6 Å². The van der Waals surface area contributed by atoms with E-state index in [4.69, 9.17) is 4.74 Å². The lowest BCUT2D eigenvalue weighted by Gasteiger charge is -2.19. The van der Waals surface area contributed by atoms with Crippen LogP contribution in [0.3, 0.4) is 0 Å². The van der Waals surface area contributed by atoms with Crippen LogP contribution in [0.2, 0.25) is 0 Å². The predicted molar refractivity (Wildman–Crippen MR) is 74.5 cm³/mol. The van der Waals surface area contributed by atoms with Crippen LogP contribution in [0.25, 0.3) is 0 Å². The van der Waals surface area contributed by atoms with Crippen LogP contribution in [0.15, 0.2) is 30.3 Å². The Balaban J connectivity index is 2.07. The van der Waals surface area contributed by atoms with Crippen LogP contribution in [-0.2, 0) is 16.0 Å². The molecule has 1 rings (SSSR count). The van der Waals surface area contributed by atoms with Crippen molar-refractivity contribution in [2.75, 3.05) is 0 Å². The van der Waals surface area contributed by atoms with Gasteiger partial charge in [-0.3, -0.25) is 4.79 Å². The number of unbranched alkanes of at least 4 members (excludes halogenated alkanes) is 2. The maximum absolute atomic E-state index is 11.5. The fourth-order valence-electron chi connectivity index (χ4n) is 1.81. The van der Waals surface area contributed by atoms with Gasteiger partial charge in [0.15, 0.2) is 0 Å². The number of carbonyl (C=O) groups is 1. The summed E-state index contributed by atoms with van der Waals surface area (Å²) in [6.07, 6.45) is 4.75. The van der Waals surface area contributed by atoms with E-state index in [1.807, 2.05) is 26.8 Å². The highest BCUT2D eigenvalue weighted by Crippen LogP contribution is 2.11. The smallest absolute Gasteiger partial charge is 0.306 e. The predicted octanol–water partition coefficient (Wildman–Crippen LogP) is 4.13. The highest BCUT2D eigenvalue weighted by Gasteiger charge is 2.15. The Hall–Kier alpha value is -1.31. The summed E-state index contributed by atoms with van der Waals surface area (Å²) in [6.45, 7) is 5.71. The van der Waals surface area contributed by atoms with Crippen molar-refractivity contribution in [3.05, 3.63) is 35.9 Å². The van der Waals surface area contributed by atoms with E-state index in [9.17, 15) is 4.79 Å². The van der Waals surface area contributed by atoms with Gasteiger partial charge in [-0.1, -0.05) is 36.8 Å². The second kappa shape index (κ2) is 7.20. The Morgan fingerprint density at radius 3 is 2.33 bits per heavy atom. The van der Waals surface area contributed by atoms with E-state index in [1.165, 1.54) is 5.56 Å². The molecule has 0 aliphatic rings. The summed E-state index contributed by atoms with van der Waals surface area (Å²) in [5.74, 6) is -0.0813. The first-order valence-corrected chi connectivity index (χ1v) is 6.73. The van der Waals surface area contributed by atoms with Gasteiger partial charge >= 0.3 is 5.97 Å². The lowest BCUT2D eigenvalue weighted by Crippen LogP contribution is -2.23. The Bertz CT molecular complexity index is 349. The first-order chi connectivity index (χ1) is 8.47. The summed E-state index contributed by atoms with van der Waals surface area (Å²) in [6, 6.07) is 10.5. The van der Waals surface area contributed by atoms with Gasteiger partial charge in [0, 0.05) is 6.42 Å². The minimum absolute atomic E-state index is 0.0813. The zero-order chi connectivity index (χ0) is 13.4. The molecule has 0 amide bonds. The van der Waals surface area contributed by atoms with E-state index >= 15 is 0 Å². The number of carbonyl (C=O) groups excluding carboxylic acids is 1. The monoisotopic (exact) mass is 248 g/mol. The number of hydrogen-bond donors (Lipinski definition) is 0. The molecule has 0 saturated heterocycles. The van der Waals surface area contributed by atoms with Gasteiger partial charge in [0.2, 0.25) is 0 Å². The fourth-order valence-corrected chi connectivity index (χ4v) is 1.81. The van der Waals surface area contributed by atoms with Gasteiger partial charge < -0.3 is 4.74 Å². The minimum atomic E-state index is -0.360. The third-order valence-electron chi connectivity index (χ3n) is 2.61. The molecule has 0 saturated carbocycles. The average Bonchev–Trinajstić information content (AvgIpc) is 2.27. The second-order valence-corrected chi connectivity index (χ2v) is 5.63. The van der Waals surface area contributed by atoms with Crippen molar-refractivity contribution in [1.29, 1.82) is 0 Å². The molecule has 0 fully saturated rings. The average molecular weight is 248 g/mol. The molecule has 1 aromatic rings. The number of benzene rings is 1. The zero-order valence-electron chi connectivity index (χ0n) is 11.7. The van der Waals surface area contributed by atoms with E-state index in [0.717, 1.165) is 25.7 Å². The molecule has 0 N–H and O–H groups in total. The van der Waals surface area contributed by atoms with Crippen LogP contribution in [0, 0.1) is 0 Å². The fraction of sp³-hybridized carbons (Fsp3) is 0.562. The highest BCUT2D eigenvalue weighted by molar-refractivity contribution is 5.69. The summed E-state index contributed by atoms with van der Waals surface area (Å²) in [7, 11) is 0. The molecule has 1 aromatic carbocycles. The van der Waals surface area contributed by atoms with Gasteiger partial charge in [0.05, 0.1) is 0 Å². The Morgan fingerprint density at radius 2 is 1.72 bits per heavy atom. The molecule has 0 atom stereocenters. The summed E-state index contributed by atoms with van der Waals surface area (Å²) in [5, 5.41) is 0. The summed E-state index contributed by atoms with van der Waals surface area (Å²) < 4.78 is 5.26. The Morgan fingerprint density at radius 1 is 1.06 bits per heavy atom. The van der Waals surface area contributed by atoms with Gasteiger partial charge in [-0.2, -0.15) is 0 Å². The molecule has 0 unspecified atom stereocenters. The van der Waals surface area contributed by atoms with Crippen molar-refractivity contribution >= 4 is 5.97 Å². The number of esters is 1. The number of hydrogen-bond acceptors (Lipinski definition) is 2. The third kappa shape index (κ3) is 7.10. The normalized spacial score (nSPS) is 11.3. The molecule has 0 aliphatic heterocycles. The summed E-state index contributed by atoms with van der Waals surface area (Å²) >= 11 is 0. The first kappa shape index (κ1) is 14.7. The van der Waals surface area contributed by atoms with Gasteiger partial charge in [-0.25, -0.2) is 0 Å². The third-order valence-corrected chi connectivity index (χ3v) is 2.61. The van der Waals surface area contributed by atoms with E-state index < -0.39 is 0 Å². The number of aryl methyl sites for hydroxylation is 1. The van der Waals surface area contributed by atoms with Gasteiger partial charge in [-0.15, -0.1) is 0 Å². The molecule has 0 aliphatic carbocycles. The van der Waals surface area contributed by atoms with Crippen LogP contribution < -0.4 is 0 Å². The number of rotatable bonds is 6. The highest BCUT2D eigenvalue weighted by atomic mass is 16.6. The van der Waals surface area contributed by atoms with Crippen molar-refractivity contribution in [1.82, 2.24) is 0 Å². The maximum Gasteiger partial charge on any atom is 0.306 e. The molecule has 0 spiro atoms. The molecule has 0 heterocycles. The molecule has 18 heavy (non-hydrogen) atoms. The first-order valence-electron chi connectivity index (χ1n) is 6.73. The van der Waals surface area contributed by atoms with Crippen molar-refractivity contribution < 1.29 is 9.53 Å². The molecule has 2 heteroatoms. The summed E-state index contributed by atoms with van der Waals surface area (Å²) in [4.78, 5) is 11.5. The zero-order valence-corrected chi connectivity index (χ0v) is 11.7. The maximum atomic E-state index is 11.5. The quantitative estimate of drug-likeness (QED) is 0.559. The van der Waals surface area contributed by atoms with Gasteiger partial charge in [0.1, 0.15) is 5.60 Å². The molecule has 100 valence electrons. The van der Waals surface area contributed by atoms with Crippen molar-refractivity contribution in [3.63, 3.8) is 0 Å². The van der Waals surface area contributed by atoms with Crippen molar-refractivity contribution in [2.24, 2.45) is 0 Å². The van der Waals surface area contributed by atoms with Gasteiger partial charge in [-0.05, 0) is 45.6 Å². The lowest BCUT2D eigenvalue weighted by molar-refractivity contribution is -0.154. The minimum Gasteiger partial charge on any atom is -0.460 e. The van der Waals surface area contributed by atoms with E-state index in [1.54, 1.807) is 0 Å². The second-order valence-electron chi connectivity index (χ2n) is 5.63. The van der Waals surface area contributed by atoms with Crippen LogP contribution in [0.1, 0.15) is 52.0 Å². The molecule has 0 aromatic heterocycles.